The molecule has 0 aliphatic carbocycles. The van der Waals surface area contributed by atoms with E-state index in [4.69, 9.17) is 0 Å². The molecule has 1 aliphatic heterocycles. The molecular formula is C22H17FN4O4S. The largest absolute Gasteiger partial charge is 0.353 e. The number of hydrogen-bond acceptors (Lipinski definition) is 6. The lowest BCUT2D eigenvalue weighted by molar-refractivity contribution is -0.124. The molecule has 8 nitrogen and oxygen atoms in total. The molecule has 0 unspecified atom stereocenters. The second-order valence-electron chi connectivity index (χ2n) is 6.91. The first-order valence-electron chi connectivity index (χ1n) is 9.64. The van der Waals surface area contributed by atoms with Crippen molar-refractivity contribution in [3.63, 3.8) is 0 Å². The average molecular weight is 452 g/mol. The van der Waals surface area contributed by atoms with Crippen molar-refractivity contribution < 1.29 is 18.8 Å². The van der Waals surface area contributed by atoms with Crippen molar-refractivity contribution in [3.8, 4) is 0 Å². The van der Waals surface area contributed by atoms with Gasteiger partial charge in [0.1, 0.15) is 12.4 Å². The first-order valence-corrected chi connectivity index (χ1v) is 10.5. The van der Waals surface area contributed by atoms with Gasteiger partial charge in [-0.25, -0.2) is 9.37 Å². The predicted molar refractivity (Wildman–Crippen MR) is 118 cm³/mol. The van der Waals surface area contributed by atoms with Gasteiger partial charge in [-0.3, -0.25) is 28.6 Å². The van der Waals surface area contributed by atoms with Gasteiger partial charge in [0.25, 0.3) is 16.7 Å². The van der Waals surface area contributed by atoms with Crippen molar-refractivity contribution in [2.24, 2.45) is 0 Å². The Morgan fingerprint density at radius 2 is 1.84 bits per heavy atom. The fourth-order valence-electron chi connectivity index (χ4n) is 3.19. The highest BCUT2D eigenvalue weighted by atomic mass is 32.2. The molecule has 0 spiro atoms. The van der Waals surface area contributed by atoms with Crippen molar-refractivity contribution in [2.75, 3.05) is 13.1 Å². The summed E-state index contributed by atoms with van der Waals surface area (Å²) in [7, 11) is 0. The van der Waals surface area contributed by atoms with E-state index >= 15 is 0 Å². The maximum atomic E-state index is 13.0. The molecule has 162 valence electrons. The molecule has 4 rings (SSSR count). The van der Waals surface area contributed by atoms with Crippen LogP contribution >= 0.6 is 11.8 Å². The number of aromatic nitrogens is 2. The van der Waals surface area contributed by atoms with Crippen molar-refractivity contribution >= 4 is 45.9 Å². The van der Waals surface area contributed by atoms with Gasteiger partial charge >= 0.3 is 0 Å². The van der Waals surface area contributed by atoms with Crippen LogP contribution in [0.15, 0.2) is 64.4 Å². The molecule has 10 heteroatoms. The summed E-state index contributed by atoms with van der Waals surface area (Å²) < 4.78 is 14.3. The Hall–Kier alpha value is -3.79. The van der Waals surface area contributed by atoms with Gasteiger partial charge < -0.3 is 5.32 Å². The van der Waals surface area contributed by atoms with E-state index in [0.717, 1.165) is 22.9 Å². The van der Waals surface area contributed by atoms with Crippen LogP contribution in [0.2, 0.25) is 0 Å². The van der Waals surface area contributed by atoms with E-state index in [0.29, 0.717) is 16.6 Å². The number of fused-ring (bicyclic) bond motifs is 1. The van der Waals surface area contributed by atoms with E-state index in [-0.39, 0.29) is 24.5 Å². The average Bonchev–Trinajstić information content (AvgIpc) is 3.04. The van der Waals surface area contributed by atoms with Gasteiger partial charge in [0.05, 0.1) is 22.1 Å². The molecule has 0 bridgehead atoms. The van der Waals surface area contributed by atoms with Gasteiger partial charge in [0, 0.05) is 13.1 Å². The third kappa shape index (κ3) is 4.59. The molecule has 1 fully saturated rings. The number of halogens is 1. The minimum absolute atomic E-state index is 0.0108. The summed E-state index contributed by atoms with van der Waals surface area (Å²) in [5.41, 5.74) is 1.31. The topological polar surface area (TPSA) is 101 Å². The van der Waals surface area contributed by atoms with Crippen LogP contribution in [0.4, 0.5) is 9.18 Å². The number of para-hydroxylation sites is 2. The van der Waals surface area contributed by atoms with Crippen LogP contribution in [0.25, 0.3) is 17.1 Å². The molecule has 2 aromatic carbocycles. The third-order valence-electron chi connectivity index (χ3n) is 4.75. The number of imide groups is 1. The standard InChI is InChI=1S/C22H17FN4O4S/c23-15-7-5-14(6-8-15)11-18-21(30)26(22(31)32-18)10-9-24-19(28)13-27-17-4-2-1-3-16(17)25-12-20(27)29/h1-8,11-12H,9-10,13H2,(H,24,28)/b18-11-. The Morgan fingerprint density at radius 3 is 2.62 bits per heavy atom. The van der Waals surface area contributed by atoms with Crippen molar-refractivity contribution in [1.82, 2.24) is 19.8 Å². The summed E-state index contributed by atoms with van der Waals surface area (Å²) >= 11 is 0.785. The lowest BCUT2D eigenvalue weighted by atomic mass is 10.2. The fourth-order valence-corrected chi connectivity index (χ4v) is 4.05. The third-order valence-corrected chi connectivity index (χ3v) is 5.66. The van der Waals surface area contributed by atoms with Crippen molar-refractivity contribution in [2.45, 2.75) is 6.54 Å². The summed E-state index contributed by atoms with van der Waals surface area (Å²) in [6.45, 7) is -0.185. The Labute approximate surface area is 185 Å². The normalized spacial score (nSPS) is 15.0. The number of carbonyl (C=O) groups excluding carboxylic acids is 3. The first kappa shape index (κ1) is 21.4. The Bertz CT molecular complexity index is 1300. The number of rotatable bonds is 6. The molecule has 32 heavy (non-hydrogen) atoms. The maximum absolute atomic E-state index is 13.0. The zero-order valence-electron chi connectivity index (χ0n) is 16.7. The maximum Gasteiger partial charge on any atom is 0.293 e. The quantitative estimate of drug-likeness (QED) is 0.577. The molecule has 1 N–H and O–H groups in total. The summed E-state index contributed by atoms with van der Waals surface area (Å²) in [5, 5.41) is 2.18. The zero-order valence-corrected chi connectivity index (χ0v) is 17.5. The van der Waals surface area contributed by atoms with Crippen molar-refractivity contribution in [3.05, 3.63) is 81.4 Å². The van der Waals surface area contributed by atoms with Crippen LogP contribution in [0, 0.1) is 5.82 Å². The number of nitrogens with zero attached hydrogens (tertiary/aromatic N) is 3. The van der Waals surface area contributed by atoms with Crippen LogP contribution < -0.4 is 10.9 Å². The SMILES string of the molecule is O=C(Cn1c(=O)cnc2ccccc21)NCCN1C(=O)S/C(=C\c2ccc(F)cc2)C1=O. The molecule has 2 heterocycles. The minimum atomic E-state index is -0.477. The molecule has 0 atom stereocenters. The van der Waals surface area contributed by atoms with Crippen LogP contribution in [0.3, 0.4) is 0 Å². The first-order chi connectivity index (χ1) is 15.4. The van der Waals surface area contributed by atoms with Gasteiger partial charge in [-0.15, -0.1) is 0 Å². The molecule has 1 saturated heterocycles. The molecule has 3 aromatic rings. The van der Waals surface area contributed by atoms with Crippen LogP contribution in [0.1, 0.15) is 5.56 Å². The van der Waals surface area contributed by atoms with E-state index in [1.54, 1.807) is 24.3 Å². The minimum Gasteiger partial charge on any atom is -0.353 e. The second-order valence-corrected chi connectivity index (χ2v) is 7.90. The summed E-state index contributed by atoms with van der Waals surface area (Å²) in [6.07, 6.45) is 2.67. The Balaban J connectivity index is 1.36. The highest BCUT2D eigenvalue weighted by Gasteiger charge is 2.34. The van der Waals surface area contributed by atoms with E-state index < -0.39 is 28.4 Å². The number of hydrogen-bond donors (Lipinski definition) is 1. The van der Waals surface area contributed by atoms with E-state index in [1.165, 1.54) is 34.9 Å². The molecule has 1 aliphatic rings. The van der Waals surface area contributed by atoms with Gasteiger partial charge in [0.15, 0.2) is 0 Å². The van der Waals surface area contributed by atoms with E-state index in [2.05, 4.69) is 10.3 Å². The van der Waals surface area contributed by atoms with Crippen LogP contribution in [-0.4, -0.2) is 44.6 Å². The summed E-state index contributed by atoms with van der Waals surface area (Å²) in [4.78, 5) is 54.5. The van der Waals surface area contributed by atoms with Crippen LogP contribution in [0.5, 0.6) is 0 Å². The fraction of sp³-hybridized carbons (Fsp3) is 0.136. The zero-order chi connectivity index (χ0) is 22.7. The Morgan fingerprint density at radius 1 is 1.09 bits per heavy atom. The Kier molecular flexibility index (Phi) is 6.13. The van der Waals surface area contributed by atoms with Gasteiger partial charge in [-0.1, -0.05) is 24.3 Å². The number of nitrogens with one attached hydrogen (secondary N) is 1. The van der Waals surface area contributed by atoms with Crippen LogP contribution in [-0.2, 0) is 16.1 Å². The lowest BCUT2D eigenvalue weighted by Gasteiger charge is -2.14. The van der Waals surface area contributed by atoms with Gasteiger partial charge in [0.2, 0.25) is 5.91 Å². The van der Waals surface area contributed by atoms with Gasteiger partial charge in [-0.2, -0.15) is 0 Å². The molecule has 0 saturated carbocycles. The molecule has 1 aromatic heterocycles. The predicted octanol–water partition coefficient (Wildman–Crippen LogP) is 2.39. The van der Waals surface area contributed by atoms with E-state index in [1.807, 2.05) is 0 Å². The molecular weight excluding hydrogens is 435 g/mol. The van der Waals surface area contributed by atoms with Crippen molar-refractivity contribution in [1.29, 1.82) is 0 Å². The highest BCUT2D eigenvalue weighted by molar-refractivity contribution is 8.18. The highest BCUT2D eigenvalue weighted by Crippen LogP contribution is 2.31. The lowest BCUT2D eigenvalue weighted by Crippen LogP contribution is -2.39. The number of thioether (sulfide) groups is 1. The molecule has 3 amide bonds. The molecule has 0 radical (unpaired) electrons. The second kappa shape index (κ2) is 9.15. The number of carbonyl (C=O) groups is 3. The van der Waals surface area contributed by atoms with E-state index in [9.17, 15) is 23.6 Å². The monoisotopic (exact) mass is 452 g/mol. The smallest absolute Gasteiger partial charge is 0.293 e. The van der Waals surface area contributed by atoms with Gasteiger partial charge in [-0.05, 0) is 47.7 Å². The summed E-state index contributed by atoms with van der Waals surface area (Å²) in [6, 6.07) is 12.5. The number of benzene rings is 2. The summed E-state index contributed by atoms with van der Waals surface area (Å²) in [5.74, 6) is -1.31. The number of amides is 3.